The summed E-state index contributed by atoms with van der Waals surface area (Å²) in [7, 11) is 2.28. The highest BCUT2D eigenvalue weighted by Crippen LogP contribution is 2.40. The Balaban J connectivity index is 2.69. The van der Waals surface area contributed by atoms with Crippen LogP contribution in [0.5, 0.6) is 0 Å². The van der Waals surface area contributed by atoms with Gasteiger partial charge in [0, 0.05) is 11.6 Å². The number of nitrogens with zero attached hydrogens (tertiary/aromatic N) is 1. The van der Waals surface area contributed by atoms with Crippen LogP contribution in [0.1, 0.15) is 35.2 Å². The zero-order chi connectivity index (χ0) is 17.1. The third-order valence-electron chi connectivity index (χ3n) is 3.64. The second-order valence-electron chi connectivity index (χ2n) is 4.90. The molecule has 1 aliphatic rings. The number of carbonyl (C=O) groups is 2. The lowest BCUT2D eigenvalue weighted by Crippen LogP contribution is -2.08. The van der Waals surface area contributed by atoms with E-state index in [0.717, 1.165) is 19.2 Å². The van der Waals surface area contributed by atoms with Crippen LogP contribution in [0.3, 0.4) is 0 Å². The molecule has 0 fully saturated rings. The average molecular weight is 323 g/mol. The highest BCUT2D eigenvalue weighted by molar-refractivity contribution is 6.00. The SMILES string of the molecule is COC(=O)C1=C(c2c(F)cc(C(=O)OC)cc2[N+](=O)[O-])CCC1. The van der Waals surface area contributed by atoms with Crippen LogP contribution in [0.2, 0.25) is 0 Å². The molecule has 0 atom stereocenters. The normalized spacial score (nSPS) is 13.9. The summed E-state index contributed by atoms with van der Waals surface area (Å²) in [6.07, 6.45) is 1.24. The second kappa shape index (κ2) is 6.55. The molecule has 0 bridgehead atoms. The predicted molar refractivity (Wildman–Crippen MR) is 77.2 cm³/mol. The number of esters is 2. The van der Waals surface area contributed by atoms with E-state index in [1.165, 1.54) is 7.11 Å². The van der Waals surface area contributed by atoms with Crippen LogP contribution >= 0.6 is 0 Å². The number of nitro groups is 1. The Labute approximate surface area is 130 Å². The van der Waals surface area contributed by atoms with Gasteiger partial charge in [-0.25, -0.2) is 14.0 Å². The van der Waals surface area contributed by atoms with Crippen LogP contribution in [-0.2, 0) is 14.3 Å². The lowest BCUT2D eigenvalue weighted by atomic mass is 9.97. The molecule has 1 aromatic carbocycles. The molecule has 8 heteroatoms. The number of rotatable bonds is 4. The number of methoxy groups -OCH3 is 2. The molecule has 0 amide bonds. The molecule has 122 valence electrons. The number of allylic oxidation sites excluding steroid dienone is 1. The van der Waals surface area contributed by atoms with Crippen molar-refractivity contribution in [2.24, 2.45) is 0 Å². The Morgan fingerprint density at radius 2 is 1.83 bits per heavy atom. The van der Waals surface area contributed by atoms with Crippen molar-refractivity contribution in [2.45, 2.75) is 19.3 Å². The molecule has 0 unspecified atom stereocenters. The molecule has 0 radical (unpaired) electrons. The van der Waals surface area contributed by atoms with Gasteiger partial charge >= 0.3 is 11.9 Å². The minimum Gasteiger partial charge on any atom is -0.466 e. The molecule has 0 aliphatic heterocycles. The maximum atomic E-state index is 14.5. The number of hydrogen-bond donors (Lipinski definition) is 0. The van der Waals surface area contributed by atoms with E-state index in [2.05, 4.69) is 9.47 Å². The lowest BCUT2D eigenvalue weighted by Gasteiger charge is -2.10. The van der Waals surface area contributed by atoms with Gasteiger partial charge in [0.05, 0.1) is 30.3 Å². The van der Waals surface area contributed by atoms with Crippen molar-refractivity contribution in [1.29, 1.82) is 0 Å². The van der Waals surface area contributed by atoms with E-state index in [1.807, 2.05) is 0 Å². The highest BCUT2D eigenvalue weighted by Gasteiger charge is 2.31. The fourth-order valence-electron chi connectivity index (χ4n) is 2.64. The summed E-state index contributed by atoms with van der Waals surface area (Å²) in [6.45, 7) is 0. The van der Waals surface area contributed by atoms with Crippen LogP contribution in [0.4, 0.5) is 10.1 Å². The standard InChI is InChI=1S/C15H14FNO6/c1-22-14(18)8-6-11(16)13(12(7-8)17(20)21)9-4-3-5-10(9)15(19)23-2/h6-7H,3-5H2,1-2H3. The van der Waals surface area contributed by atoms with Gasteiger partial charge < -0.3 is 9.47 Å². The van der Waals surface area contributed by atoms with Crippen LogP contribution in [0.15, 0.2) is 17.7 Å². The fraction of sp³-hybridized carbons (Fsp3) is 0.333. The molecule has 1 aliphatic carbocycles. The van der Waals surface area contributed by atoms with Crippen molar-refractivity contribution in [1.82, 2.24) is 0 Å². The van der Waals surface area contributed by atoms with Gasteiger partial charge in [-0.3, -0.25) is 10.1 Å². The Bertz CT molecular complexity index is 725. The largest absolute Gasteiger partial charge is 0.466 e. The summed E-state index contributed by atoms with van der Waals surface area (Å²) in [6, 6.07) is 1.82. The third-order valence-corrected chi connectivity index (χ3v) is 3.64. The number of halogens is 1. The zero-order valence-electron chi connectivity index (χ0n) is 12.6. The van der Waals surface area contributed by atoms with Crippen molar-refractivity contribution in [3.8, 4) is 0 Å². The molecule has 2 rings (SSSR count). The number of hydrogen-bond acceptors (Lipinski definition) is 6. The van der Waals surface area contributed by atoms with Crippen LogP contribution < -0.4 is 0 Å². The maximum absolute atomic E-state index is 14.5. The molecular formula is C15H14FNO6. The summed E-state index contributed by atoms with van der Waals surface area (Å²) in [5, 5.41) is 11.3. The first-order valence-electron chi connectivity index (χ1n) is 6.77. The molecule has 0 spiro atoms. The first kappa shape index (κ1) is 16.6. The molecule has 1 aromatic rings. The lowest BCUT2D eigenvalue weighted by molar-refractivity contribution is -0.385. The number of benzene rings is 1. The van der Waals surface area contributed by atoms with Crippen molar-refractivity contribution < 1.29 is 28.4 Å². The van der Waals surface area contributed by atoms with Gasteiger partial charge in [0.15, 0.2) is 0 Å². The zero-order valence-corrected chi connectivity index (χ0v) is 12.6. The van der Waals surface area contributed by atoms with Gasteiger partial charge in [-0.1, -0.05) is 0 Å². The quantitative estimate of drug-likeness (QED) is 0.480. The maximum Gasteiger partial charge on any atom is 0.338 e. The van der Waals surface area contributed by atoms with Crippen molar-refractivity contribution in [3.63, 3.8) is 0 Å². The fourth-order valence-corrected chi connectivity index (χ4v) is 2.64. The second-order valence-corrected chi connectivity index (χ2v) is 4.90. The third kappa shape index (κ3) is 3.05. The Hall–Kier alpha value is -2.77. The molecule has 0 heterocycles. The Morgan fingerprint density at radius 1 is 1.17 bits per heavy atom. The van der Waals surface area contributed by atoms with E-state index in [1.54, 1.807) is 0 Å². The monoisotopic (exact) mass is 323 g/mol. The topological polar surface area (TPSA) is 95.7 Å². The van der Waals surface area contributed by atoms with Crippen molar-refractivity contribution in [3.05, 3.63) is 44.8 Å². The van der Waals surface area contributed by atoms with Crippen LogP contribution in [0, 0.1) is 15.9 Å². The summed E-state index contributed by atoms with van der Waals surface area (Å²) in [5.41, 5.74) is -0.652. The Morgan fingerprint density at radius 3 is 2.39 bits per heavy atom. The summed E-state index contributed by atoms with van der Waals surface area (Å²) in [4.78, 5) is 33.8. The van der Waals surface area contributed by atoms with E-state index in [4.69, 9.17) is 0 Å². The van der Waals surface area contributed by atoms with Crippen molar-refractivity contribution >= 4 is 23.2 Å². The molecule has 0 aromatic heterocycles. The molecule has 7 nitrogen and oxygen atoms in total. The number of nitro benzene ring substituents is 1. The number of ether oxygens (including phenoxy) is 2. The first-order chi connectivity index (χ1) is 10.9. The summed E-state index contributed by atoms with van der Waals surface area (Å²) < 4.78 is 23.6. The van der Waals surface area contributed by atoms with Gasteiger partial charge in [-0.05, 0) is 30.9 Å². The molecular weight excluding hydrogens is 309 g/mol. The number of carbonyl (C=O) groups excluding carboxylic acids is 2. The van der Waals surface area contributed by atoms with Crippen LogP contribution in [-0.4, -0.2) is 31.1 Å². The summed E-state index contributed by atoms with van der Waals surface area (Å²) in [5.74, 6) is -2.46. The van der Waals surface area contributed by atoms with Gasteiger partial charge in [0.1, 0.15) is 5.82 Å². The van der Waals surface area contributed by atoms with Gasteiger partial charge in [0.25, 0.3) is 5.69 Å². The molecule has 0 N–H and O–H groups in total. The van der Waals surface area contributed by atoms with E-state index in [9.17, 15) is 24.1 Å². The van der Waals surface area contributed by atoms with Crippen molar-refractivity contribution in [2.75, 3.05) is 14.2 Å². The van der Waals surface area contributed by atoms with E-state index >= 15 is 0 Å². The predicted octanol–water partition coefficient (Wildman–Crippen LogP) is 2.63. The average Bonchev–Trinajstić information content (AvgIpc) is 3.01. The Kier molecular flexibility index (Phi) is 4.73. The van der Waals surface area contributed by atoms with E-state index in [-0.39, 0.29) is 22.3 Å². The van der Waals surface area contributed by atoms with Crippen LogP contribution in [0.25, 0.3) is 5.57 Å². The summed E-state index contributed by atoms with van der Waals surface area (Å²) >= 11 is 0. The van der Waals surface area contributed by atoms with Gasteiger partial charge in [-0.15, -0.1) is 0 Å². The highest BCUT2D eigenvalue weighted by atomic mass is 19.1. The van der Waals surface area contributed by atoms with E-state index < -0.39 is 28.4 Å². The first-order valence-corrected chi connectivity index (χ1v) is 6.77. The van der Waals surface area contributed by atoms with Gasteiger partial charge in [-0.2, -0.15) is 0 Å². The molecule has 0 saturated heterocycles. The van der Waals surface area contributed by atoms with Gasteiger partial charge in [0.2, 0.25) is 0 Å². The minimum absolute atomic E-state index is 0.223. The smallest absolute Gasteiger partial charge is 0.338 e. The molecule has 0 saturated carbocycles. The molecule has 23 heavy (non-hydrogen) atoms. The minimum atomic E-state index is -0.946. The van der Waals surface area contributed by atoms with E-state index in [0.29, 0.717) is 19.3 Å².